The fraction of sp³-hybridized carbons (Fsp3) is 0.600. The lowest BCUT2D eigenvalue weighted by atomic mass is 10.3. The Bertz CT molecular complexity index is 677. The Balaban J connectivity index is 0.00000361. The zero-order valence-corrected chi connectivity index (χ0v) is 13.1. The third-order valence-electron chi connectivity index (χ3n) is 2.60. The number of halogens is 1. The maximum absolute atomic E-state index is 12.0. The van der Waals surface area contributed by atoms with Crippen LogP contribution in [0.15, 0.2) is 20.7 Å². The number of nitrogens with two attached hydrogens (primary N) is 1. The van der Waals surface area contributed by atoms with Gasteiger partial charge >= 0.3 is 5.69 Å². The average molecular weight is 327 g/mol. The molecular formula is C10H19ClN4O4S. The lowest BCUT2D eigenvalue weighted by Crippen LogP contribution is -2.41. The van der Waals surface area contributed by atoms with Gasteiger partial charge in [0.1, 0.15) is 0 Å². The quantitative estimate of drug-likeness (QED) is 0.684. The van der Waals surface area contributed by atoms with Crippen molar-refractivity contribution in [3.05, 3.63) is 27.0 Å². The molecule has 0 amide bonds. The molecule has 0 saturated heterocycles. The number of rotatable bonds is 5. The van der Waals surface area contributed by atoms with E-state index in [1.165, 1.54) is 14.1 Å². The van der Waals surface area contributed by atoms with Gasteiger partial charge in [0, 0.05) is 32.9 Å². The van der Waals surface area contributed by atoms with E-state index in [0.29, 0.717) is 6.42 Å². The van der Waals surface area contributed by atoms with Crippen LogP contribution in [0.1, 0.15) is 13.3 Å². The van der Waals surface area contributed by atoms with Gasteiger partial charge in [0.15, 0.2) is 4.90 Å². The first-order valence-corrected chi connectivity index (χ1v) is 7.17. The fourth-order valence-electron chi connectivity index (χ4n) is 1.46. The minimum Gasteiger partial charge on any atom is -0.328 e. The van der Waals surface area contributed by atoms with Gasteiger partial charge in [-0.15, -0.1) is 12.4 Å². The van der Waals surface area contributed by atoms with E-state index in [1.807, 2.05) is 0 Å². The van der Waals surface area contributed by atoms with Crippen molar-refractivity contribution in [2.45, 2.75) is 24.3 Å². The summed E-state index contributed by atoms with van der Waals surface area (Å²) in [7, 11) is -1.34. The Kier molecular flexibility index (Phi) is 6.62. The van der Waals surface area contributed by atoms with E-state index in [4.69, 9.17) is 5.73 Å². The Morgan fingerprint density at radius 2 is 1.90 bits per heavy atom. The topological polar surface area (TPSA) is 116 Å². The third kappa shape index (κ3) is 4.17. The van der Waals surface area contributed by atoms with E-state index >= 15 is 0 Å². The largest absolute Gasteiger partial charge is 0.330 e. The van der Waals surface area contributed by atoms with Crippen LogP contribution in [0.2, 0.25) is 0 Å². The molecule has 1 aromatic rings. The summed E-state index contributed by atoms with van der Waals surface area (Å²) < 4.78 is 28.0. The van der Waals surface area contributed by atoms with Crippen molar-refractivity contribution in [1.82, 2.24) is 13.9 Å². The molecule has 0 spiro atoms. The zero-order chi connectivity index (χ0) is 14.8. The van der Waals surface area contributed by atoms with Gasteiger partial charge in [0.25, 0.3) is 5.56 Å². The SMILES string of the molecule is CC(N)CCNS(=O)(=O)c1cn(C)c(=O)n(C)c1=O.Cl. The second-order valence-corrected chi connectivity index (χ2v) is 6.15. The van der Waals surface area contributed by atoms with Crippen LogP contribution in [0, 0.1) is 0 Å². The Morgan fingerprint density at radius 1 is 1.35 bits per heavy atom. The molecule has 0 aliphatic heterocycles. The molecule has 1 aromatic heterocycles. The maximum atomic E-state index is 12.0. The molecule has 0 aliphatic carbocycles. The lowest BCUT2D eigenvalue weighted by Gasteiger charge is -2.10. The summed E-state index contributed by atoms with van der Waals surface area (Å²) in [6, 6.07) is -0.148. The van der Waals surface area contributed by atoms with Crippen molar-refractivity contribution in [1.29, 1.82) is 0 Å². The highest BCUT2D eigenvalue weighted by Crippen LogP contribution is 2.00. The van der Waals surface area contributed by atoms with Gasteiger partial charge in [-0.3, -0.25) is 9.36 Å². The molecule has 20 heavy (non-hydrogen) atoms. The molecule has 8 nitrogen and oxygen atoms in total. The maximum Gasteiger partial charge on any atom is 0.330 e. The lowest BCUT2D eigenvalue weighted by molar-refractivity contribution is 0.563. The first-order valence-electron chi connectivity index (χ1n) is 5.68. The van der Waals surface area contributed by atoms with Gasteiger partial charge in [-0.05, 0) is 13.3 Å². The van der Waals surface area contributed by atoms with E-state index in [-0.39, 0.29) is 25.0 Å². The van der Waals surface area contributed by atoms with E-state index in [0.717, 1.165) is 15.3 Å². The first-order chi connectivity index (χ1) is 8.66. The molecule has 1 unspecified atom stereocenters. The van der Waals surface area contributed by atoms with Gasteiger partial charge in [0.05, 0.1) is 0 Å². The summed E-state index contributed by atoms with van der Waals surface area (Å²) >= 11 is 0. The fourth-order valence-corrected chi connectivity index (χ4v) is 2.66. The number of nitrogens with one attached hydrogen (secondary N) is 1. The molecule has 0 aromatic carbocycles. The van der Waals surface area contributed by atoms with Crippen molar-refractivity contribution in [3.8, 4) is 0 Å². The normalized spacial score (nSPS) is 12.8. The number of nitrogens with zero attached hydrogens (tertiary/aromatic N) is 2. The van der Waals surface area contributed by atoms with Crippen molar-refractivity contribution < 1.29 is 8.42 Å². The van der Waals surface area contributed by atoms with Crippen molar-refractivity contribution in [2.24, 2.45) is 19.8 Å². The van der Waals surface area contributed by atoms with Crippen LogP contribution in [0.4, 0.5) is 0 Å². The molecule has 0 aliphatic rings. The van der Waals surface area contributed by atoms with E-state index in [1.54, 1.807) is 6.92 Å². The molecule has 10 heteroatoms. The van der Waals surface area contributed by atoms with Crippen LogP contribution in [0.3, 0.4) is 0 Å². The number of aromatic nitrogens is 2. The summed E-state index contributed by atoms with van der Waals surface area (Å²) in [5, 5.41) is 0. The van der Waals surface area contributed by atoms with Gasteiger partial charge in [0.2, 0.25) is 10.0 Å². The van der Waals surface area contributed by atoms with Crippen LogP contribution in [0.25, 0.3) is 0 Å². The van der Waals surface area contributed by atoms with Gasteiger partial charge in [-0.2, -0.15) is 0 Å². The molecule has 116 valence electrons. The molecular weight excluding hydrogens is 308 g/mol. The molecule has 1 heterocycles. The monoisotopic (exact) mass is 326 g/mol. The first kappa shape index (κ1) is 18.8. The van der Waals surface area contributed by atoms with Crippen LogP contribution in [-0.4, -0.2) is 30.1 Å². The molecule has 0 saturated carbocycles. The minimum atomic E-state index is -3.95. The molecule has 0 radical (unpaired) electrons. The van der Waals surface area contributed by atoms with E-state index in [2.05, 4.69) is 4.72 Å². The summed E-state index contributed by atoms with van der Waals surface area (Å²) in [5.41, 5.74) is 4.08. The predicted octanol–water partition coefficient (Wildman–Crippen LogP) is -1.48. The summed E-state index contributed by atoms with van der Waals surface area (Å²) in [4.78, 5) is 22.8. The number of hydrogen-bond donors (Lipinski definition) is 2. The molecule has 0 fully saturated rings. The highest BCUT2D eigenvalue weighted by molar-refractivity contribution is 7.89. The van der Waals surface area contributed by atoms with E-state index < -0.39 is 26.2 Å². The average Bonchev–Trinajstić information content (AvgIpc) is 2.30. The van der Waals surface area contributed by atoms with E-state index in [9.17, 15) is 18.0 Å². The van der Waals surface area contributed by atoms with Gasteiger partial charge in [-0.1, -0.05) is 0 Å². The van der Waals surface area contributed by atoms with Crippen molar-refractivity contribution >= 4 is 22.4 Å². The summed E-state index contributed by atoms with van der Waals surface area (Å²) in [6.07, 6.45) is 1.46. The predicted molar refractivity (Wildman–Crippen MR) is 77.6 cm³/mol. The van der Waals surface area contributed by atoms with Crippen LogP contribution < -0.4 is 21.7 Å². The highest BCUT2D eigenvalue weighted by atomic mass is 35.5. The minimum absolute atomic E-state index is 0. The van der Waals surface area contributed by atoms with Crippen LogP contribution in [-0.2, 0) is 24.1 Å². The van der Waals surface area contributed by atoms with Crippen LogP contribution >= 0.6 is 12.4 Å². The number of sulfonamides is 1. The van der Waals surface area contributed by atoms with Crippen molar-refractivity contribution in [3.63, 3.8) is 0 Å². The van der Waals surface area contributed by atoms with Gasteiger partial charge in [-0.25, -0.2) is 17.9 Å². The summed E-state index contributed by atoms with van der Waals surface area (Å²) in [6.45, 7) is 1.88. The third-order valence-corrected chi connectivity index (χ3v) is 4.04. The molecule has 1 atom stereocenters. The Morgan fingerprint density at radius 3 is 2.40 bits per heavy atom. The molecule has 0 bridgehead atoms. The summed E-state index contributed by atoms with van der Waals surface area (Å²) in [5.74, 6) is 0. The number of aryl methyl sites for hydroxylation is 1. The Labute approximate surface area is 123 Å². The van der Waals surface area contributed by atoms with Crippen molar-refractivity contribution in [2.75, 3.05) is 6.54 Å². The molecule has 1 rings (SSSR count). The standard InChI is InChI=1S/C10H18N4O4S.ClH/c1-7(11)4-5-12-19(17,18)8-6-13(2)10(16)14(3)9(8)15;/h6-7,12H,4-5,11H2,1-3H3;1H. The Hall–Kier alpha value is -1.16. The smallest absolute Gasteiger partial charge is 0.328 e. The number of hydrogen-bond acceptors (Lipinski definition) is 5. The second kappa shape index (κ2) is 7.02. The van der Waals surface area contributed by atoms with Crippen LogP contribution in [0.5, 0.6) is 0 Å². The molecule has 3 N–H and O–H groups in total. The second-order valence-electron chi connectivity index (χ2n) is 4.41. The van der Waals surface area contributed by atoms with Gasteiger partial charge < -0.3 is 10.3 Å². The zero-order valence-electron chi connectivity index (χ0n) is 11.5. The highest BCUT2D eigenvalue weighted by Gasteiger charge is 2.20.